The zero-order chi connectivity index (χ0) is 31.4. The normalized spacial score (nSPS) is 12.3. The molecule has 0 aliphatic heterocycles. The lowest BCUT2D eigenvalue weighted by molar-refractivity contribution is -0.192. The highest BCUT2D eigenvalue weighted by Gasteiger charge is 2.38. The number of pyridine rings is 4. The van der Waals surface area contributed by atoms with Crippen molar-refractivity contribution >= 4 is 44.7 Å². The lowest BCUT2D eigenvalue weighted by Crippen LogP contribution is -2.34. The van der Waals surface area contributed by atoms with Crippen molar-refractivity contribution in [2.75, 3.05) is 5.73 Å². The van der Waals surface area contributed by atoms with E-state index in [4.69, 9.17) is 15.6 Å². The van der Waals surface area contributed by atoms with E-state index in [1.807, 2.05) is 0 Å². The Morgan fingerprint density at radius 3 is 2.26 bits per heavy atom. The van der Waals surface area contributed by atoms with Crippen LogP contribution >= 0.6 is 15.9 Å². The summed E-state index contributed by atoms with van der Waals surface area (Å²) in [6.45, 7) is 1.37. The lowest BCUT2D eigenvalue weighted by Gasteiger charge is -2.29. The molecule has 4 aromatic rings. The molecule has 4 rings (SSSR count). The Balaban J connectivity index is 0.000000616. The molecule has 0 saturated carbocycles. The Labute approximate surface area is 240 Å². The Morgan fingerprint density at radius 2 is 1.71 bits per heavy atom. The van der Waals surface area contributed by atoms with Gasteiger partial charge in [-0.3, -0.25) is 14.8 Å². The summed E-state index contributed by atoms with van der Waals surface area (Å²) >= 11 is 3.28. The van der Waals surface area contributed by atoms with Crippen LogP contribution in [0.1, 0.15) is 40.3 Å². The van der Waals surface area contributed by atoms with Gasteiger partial charge in [0.2, 0.25) is 0 Å². The van der Waals surface area contributed by atoms with Crippen LogP contribution in [-0.4, -0.2) is 48.0 Å². The Morgan fingerprint density at radius 1 is 1.05 bits per heavy atom. The van der Waals surface area contributed by atoms with Gasteiger partial charge in [-0.1, -0.05) is 0 Å². The third-order valence-corrected chi connectivity index (χ3v) is 6.17. The van der Waals surface area contributed by atoms with Gasteiger partial charge in [-0.15, -0.1) is 0 Å². The fourth-order valence-corrected chi connectivity index (χ4v) is 3.77. The molecule has 0 spiro atoms. The summed E-state index contributed by atoms with van der Waals surface area (Å²) in [5, 5.41) is 7.65. The van der Waals surface area contributed by atoms with E-state index in [2.05, 4.69) is 35.9 Å². The first-order chi connectivity index (χ1) is 19.5. The molecule has 0 aliphatic carbocycles. The number of carboxylic acids is 1. The van der Waals surface area contributed by atoms with E-state index in [-0.39, 0.29) is 29.3 Å². The van der Waals surface area contributed by atoms with E-state index in [1.54, 1.807) is 19.1 Å². The quantitative estimate of drug-likeness (QED) is 0.250. The van der Waals surface area contributed by atoms with Gasteiger partial charge < -0.3 is 15.7 Å². The minimum atomic E-state index is -5.08. The van der Waals surface area contributed by atoms with Gasteiger partial charge in [-0.25, -0.2) is 19.2 Å². The summed E-state index contributed by atoms with van der Waals surface area (Å²) in [5.41, 5.74) is 5.52. The minimum Gasteiger partial charge on any atom is -0.475 e. The van der Waals surface area contributed by atoms with Crippen molar-refractivity contribution in [3.63, 3.8) is 0 Å². The second-order valence-electron chi connectivity index (χ2n) is 8.44. The van der Waals surface area contributed by atoms with Gasteiger partial charge in [0.25, 0.3) is 5.91 Å². The first-order valence-electron chi connectivity index (χ1n) is 11.4. The van der Waals surface area contributed by atoms with Gasteiger partial charge in [-0.2, -0.15) is 26.3 Å². The van der Waals surface area contributed by atoms with Crippen LogP contribution in [0.4, 0.5) is 36.6 Å². The predicted molar refractivity (Wildman–Crippen MR) is 137 cm³/mol. The molecule has 0 saturated heterocycles. The molecule has 17 heteroatoms. The van der Waals surface area contributed by atoms with Gasteiger partial charge in [0.05, 0.1) is 39.6 Å². The second-order valence-corrected chi connectivity index (χ2v) is 9.30. The number of nitrogen functional groups attached to an aromatic ring is 1. The smallest absolute Gasteiger partial charge is 0.475 e. The molecule has 4 heterocycles. The van der Waals surface area contributed by atoms with Gasteiger partial charge in [-0.05, 0) is 59.3 Å². The van der Waals surface area contributed by atoms with Crippen LogP contribution in [-0.2, 0) is 17.5 Å². The maximum atomic E-state index is 14.5. The maximum Gasteiger partial charge on any atom is 0.490 e. The minimum absolute atomic E-state index is 0.00121. The van der Waals surface area contributed by atoms with Crippen molar-refractivity contribution in [2.24, 2.45) is 0 Å². The zero-order valence-corrected chi connectivity index (χ0v) is 22.7. The van der Waals surface area contributed by atoms with Crippen LogP contribution in [0, 0.1) is 5.82 Å². The van der Waals surface area contributed by atoms with Gasteiger partial charge in [0, 0.05) is 24.0 Å². The predicted octanol–water partition coefficient (Wildman–Crippen LogP) is 5.96. The molecule has 222 valence electrons. The molecule has 42 heavy (non-hydrogen) atoms. The molecule has 0 radical (unpaired) electrons. The molecule has 1 unspecified atom stereocenters. The SMILES string of the molecule is CC(c1ncccc1F)N(Cc1ccc(C(F)(F)F)cn1)C(=O)c1cnc2nc(N)c(Br)cc2c1.O=C(O)C(F)(F)F. The third kappa shape index (κ3) is 7.86. The molecule has 1 atom stereocenters. The molecule has 0 fully saturated rings. The van der Waals surface area contributed by atoms with Gasteiger partial charge in [0.1, 0.15) is 11.6 Å². The number of rotatable bonds is 5. The second kappa shape index (κ2) is 12.6. The van der Waals surface area contributed by atoms with E-state index >= 15 is 0 Å². The van der Waals surface area contributed by atoms with Crippen molar-refractivity contribution in [2.45, 2.75) is 31.9 Å². The van der Waals surface area contributed by atoms with Crippen molar-refractivity contribution in [3.05, 3.63) is 87.8 Å². The average molecular weight is 663 g/mol. The number of halogens is 8. The van der Waals surface area contributed by atoms with Gasteiger partial charge in [0.15, 0.2) is 5.65 Å². The number of anilines is 1. The van der Waals surface area contributed by atoms with Crippen molar-refractivity contribution in [1.29, 1.82) is 0 Å². The Bertz CT molecular complexity index is 1600. The van der Waals surface area contributed by atoms with E-state index in [0.29, 0.717) is 21.7 Å². The van der Waals surface area contributed by atoms with Gasteiger partial charge >= 0.3 is 18.3 Å². The highest BCUT2D eigenvalue weighted by atomic mass is 79.9. The highest BCUT2D eigenvalue weighted by Crippen LogP contribution is 2.30. The summed E-state index contributed by atoms with van der Waals surface area (Å²) in [6.07, 6.45) is -6.25. The van der Waals surface area contributed by atoms with E-state index < -0.39 is 41.7 Å². The van der Waals surface area contributed by atoms with E-state index in [9.17, 15) is 35.5 Å². The highest BCUT2D eigenvalue weighted by molar-refractivity contribution is 9.10. The number of carbonyl (C=O) groups is 2. The van der Waals surface area contributed by atoms with E-state index in [0.717, 1.165) is 6.07 Å². The fraction of sp³-hybridized carbons (Fsp3) is 0.200. The molecule has 9 nitrogen and oxygen atoms in total. The molecule has 0 aliphatic rings. The monoisotopic (exact) mass is 662 g/mol. The number of hydrogen-bond donors (Lipinski definition) is 2. The van der Waals surface area contributed by atoms with Crippen LogP contribution in [0.3, 0.4) is 0 Å². The van der Waals surface area contributed by atoms with Crippen LogP contribution in [0.15, 0.2) is 59.5 Å². The number of nitrogens with two attached hydrogens (primary N) is 1. The third-order valence-electron chi connectivity index (χ3n) is 5.53. The number of fused-ring (bicyclic) bond motifs is 1. The molecule has 0 aromatic carbocycles. The van der Waals surface area contributed by atoms with Crippen LogP contribution in [0.5, 0.6) is 0 Å². The fourth-order valence-electron chi connectivity index (χ4n) is 3.43. The number of carbonyl (C=O) groups excluding carboxylic acids is 1. The number of aromatic nitrogens is 4. The number of hydrogen-bond acceptors (Lipinski definition) is 7. The van der Waals surface area contributed by atoms with Crippen LogP contribution in [0.25, 0.3) is 11.0 Å². The molecule has 4 aromatic heterocycles. The van der Waals surface area contributed by atoms with E-state index in [1.165, 1.54) is 35.5 Å². The summed E-state index contributed by atoms with van der Waals surface area (Å²) < 4.78 is 85.5. The summed E-state index contributed by atoms with van der Waals surface area (Å²) in [6, 6.07) is 7.01. The number of alkyl halides is 6. The molecule has 3 N–H and O–H groups in total. The zero-order valence-electron chi connectivity index (χ0n) is 21.1. The van der Waals surface area contributed by atoms with Crippen LogP contribution in [0.2, 0.25) is 0 Å². The first kappa shape index (κ1) is 32.1. The van der Waals surface area contributed by atoms with Crippen molar-refractivity contribution in [3.8, 4) is 0 Å². The van der Waals surface area contributed by atoms with Crippen molar-refractivity contribution < 1.29 is 45.4 Å². The number of carboxylic acid groups (broad SMARTS) is 1. The number of nitrogens with zero attached hydrogens (tertiary/aromatic N) is 5. The first-order valence-corrected chi connectivity index (χ1v) is 12.2. The maximum absolute atomic E-state index is 14.5. The summed E-state index contributed by atoms with van der Waals surface area (Å²) in [7, 11) is 0. The molecule has 1 amide bonds. The Hall–Kier alpha value is -4.41. The number of amides is 1. The summed E-state index contributed by atoms with van der Waals surface area (Å²) in [4.78, 5) is 40.0. The van der Waals surface area contributed by atoms with Crippen molar-refractivity contribution in [1.82, 2.24) is 24.8 Å². The Kier molecular flexibility index (Phi) is 9.65. The topological polar surface area (TPSA) is 135 Å². The molecular formula is C25H18BrF7N6O3. The number of aliphatic carboxylic acids is 1. The largest absolute Gasteiger partial charge is 0.490 e. The molecular weight excluding hydrogens is 645 g/mol. The standard InChI is InChI=1S/C23H17BrF4N6O.C2HF3O2/c1-12(19-18(25)3-2-6-30-19)34(11-16-5-4-15(10-31-16)23(26,27)28)22(35)14-7-13-8-17(24)20(29)33-21(13)32-9-14;3-2(4,5)1(6)7/h2-10,12H,11H2,1H3,(H2,29,32,33);(H,6,7). The average Bonchev–Trinajstić information content (AvgIpc) is 2.91. The van der Waals surface area contributed by atoms with Crippen LogP contribution < -0.4 is 5.73 Å². The summed E-state index contributed by atoms with van der Waals surface area (Å²) in [5.74, 6) is -3.70. The lowest BCUT2D eigenvalue weighted by atomic mass is 10.1. The molecule has 0 bridgehead atoms.